The van der Waals surface area contributed by atoms with E-state index in [-0.39, 0.29) is 6.04 Å². The van der Waals surface area contributed by atoms with Gasteiger partial charge in [-0.2, -0.15) is 0 Å². The van der Waals surface area contributed by atoms with Gasteiger partial charge in [0, 0.05) is 25.4 Å². The minimum Gasteiger partial charge on any atom is -0.383 e. The fourth-order valence-corrected chi connectivity index (χ4v) is 1.65. The van der Waals surface area contributed by atoms with Crippen LogP contribution >= 0.6 is 0 Å². The van der Waals surface area contributed by atoms with E-state index in [0.29, 0.717) is 12.0 Å². The molecule has 0 aliphatic rings. The molecule has 0 radical (unpaired) electrons. The summed E-state index contributed by atoms with van der Waals surface area (Å²) in [6.07, 6.45) is 1.83. The molecular formula is C13H22N2O. The average Bonchev–Trinajstić information content (AvgIpc) is 2.29. The van der Waals surface area contributed by atoms with Gasteiger partial charge in [0.2, 0.25) is 0 Å². The smallest absolute Gasteiger partial charge is 0.0618 e. The molecule has 0 aromatic carbocycles. The van der Waals surface area contributed by atoms with Crippen molar-refractivity contribution >= 4 is 0 Å². The highest BCUT2D eigenvalue weighted by molar-refractivity contribution is 5.07. The number of nitrogens with one attached hydrogen (secondary N) is 1. The Morgan fingerprint density at radius 1 is 1.31 bits per heavy atom. The minimum atomic E-state index is 0.253. The number of pyridine rings is 1. The molecule has 0 aliphatic heterocycles. The van der Waals surface area contributed by atoms with Crippen LogP contribution < -0.4 is 5.32 Å². The molecule has 0 fully saturated rings. The van der Waals surface area contributed by atoms with Crippen LogP contribution in [0.3, 0.4) is 0 Å². The van der Waals surface area contributed by atoms with Gasteiger partial charge in [0.25, 0.3) is 0 Å². The van der Waals surface area contributed by atoms with E-state index in [0.717, 1.165) is 12.3 Å². The van der Waals surface area contributed by atoms with E-state index in [4.69, 9.17) is 4.74 Å². The van der Waals surface area contributed by atoms with Crippen molar-refractivity contribution in [3.05, 3.63) is 30.1 Å². The van der Waals surface area contributed by atoms with Crippen molar-refractivity contribution in [1.82, 2.24) is 10.3 Å². The average molecular weight is 222 g/mol. The zero-order chi connectivity index (χ0) is 12.0. The van der Waals surface area contributed by atoms with E-state index >= 15 is 0 Å². The summed E-state index contributed by atoms with van der Waals surface area (Å²) in [6, 6.07) is 6.61. The largest absolute Gasteiger partial charge is 0.383 e. The normalized spacial score (nSPS) is 15.1. The summed E-state index contributed by atoms with van der Waals surface area (Å²) in [6.45, 7) is 7.26. The predicted octanol–water partition coefficient (Wildman–Crippen LogP) is 2.40. The Morgan fingerprint density at radius 2 is 2.06 bits per heavy atom. The molecule has 0 bridgehead atoms. The van der Waals surface area contributed by atoms with E-state index in [1.807, 2.05) is 24.4 Å². The van der Waals surface area contributed by atoms with Crippen LogP contribution in [0.15, 0.2) is 24.4 Å². The van der Waals surface area contributed by atoms with Crippen molar-refractivity contribution in [2.24, 2.45) is 5.92 Å². The second-order valence-corrected chi connectivity index (χ2v) is 4.45. The molecule has 0 aliphatic carbocycles. The molecular weight excluding hydrogens is 200 g/mol. The molecule has 1 unspecified atom stereocenters. The van der Waals surface area contributed by atoms with Gasteiger partial charge >= 0.3 is 0 Å². The van der Waals surface area contributed by atoms with Crippen LogP contribution in [0, 0.1) is 5.92 Å². The van der Waals surface area contributed by atoms with Gasteiger partial charge in [0.1, 0.15) is 0 Å². The van der Waals surface area contributed by atoms with Crippen LogP contribution in [0.25, 0.3) is 0 Å². The second kappa shape index (κ2) is 6.61. The second-order valence-electron chi connectivity index (χ2n) is 4.45. The number of hydrogen-bond donors (Lipinski definition) is 1. The lowest BCUT2D eigenvalue weighted by atomic mass is 10.0. The fourth-order valence-electron chi connectivity index (χ4n) is 1.65. The molecule has 2 atom stereocenters. The Labute approximate surface area is 98.2 Å². The highest BCUT2D eigenvalue weighted by atomic mass is 16.5. The van der Waals surface area contributed by atoms with Gasteiger partial charge in [0.15, 0.2) is 0 Å². The zero-order valence-electron chi connectivity index (χ0n) is 10.6. The topological polar surface area (TPSA) is 34.1 Å². The summed E-state index contributed by atoms with van der Waals surface area (Å²) in [7, 11) is 1.74. The van der Waals surface area contributed by atoms with E-state index in [1.54, 1.807) is 7.11 Å². The van der Waals surface area contributed by atoms with Crippen LogP contribution in [0.2, 0.25) is 0 Å². The Bertz CT molecular complexity index is 287. The lowest BCUT2D eigenvalue weighted by Gasteiger charge is -2.25. The number of hydrogen-bond acceptors (Lipinski definition) is 3. The Kier molecular flexibility index (Phi) is 5.43. The van der Waals surface area contributed by atoms with Gasteiger partial charge in [-0.15, -0.1) is 0 Å². The maximum Gasteiger partial charge on any atom is 0.0618 e. The number of ether oxygens (including phenoxy) is 1. The minimum absolute atomic E-state index is 0.253. The first-order chi connectivity index (χ1) is 7.65. The zero-order valence-corrected chi connectivity index (χ0v) is 10.6. The first kappa shape index (κ1) is 13.1. The number of aromatic nitrogens is 1. The van der Waals surface area contributed by atoms with Crippen molar-refractivity contribution < 1.29 is 4.74 Å². The molecule has 0 saturated heterocycles. The highest BCUT2D eigenvalue weighted by Gasteiger charge is 2.16. The third-order valence-electron chi connectivity index (χ3n) is 2.75. The van der Waals surface area contributed by atoms with Crippen molar-refractivity contribution in [3.63, 3.8) is 0 Å². The summed E-state index contributed by atoms with van der Waals surface area (Å²) in [5.74, 6) is 0.547. The Hall–Kier alpha value is -0.930. The molecule has 1 aromatic rings. The maximum absolute atomic E-state index is 5.22. The fraction of sp³-hybridized carbons (Fsp3) is 0.615. The van der Waals surface area contributed by atoms with Crippen LogP contribution in [-0.4, -0.2) is 24.7 Å². The monoisotopic (exact) mass is 222 g/mol. The molecule has 3 heteroatoms. The Balaban J connectivity index is 2.58. The maximum atomic E-state index is 5.22. The van der Waals surface area contributed by atoms with Gasteiger partial charge < -0.3 is 10.1 Å². The molecule has 1 heterocycles. The van der Waals surface area contributed by atoms with Crippen molar-refractivity contribution in [1.29, 1.82) is 0 Å². The first-order valence-electron chi connectivity index (χ1n) is 5.81. The van der Waals surface area contributed by atoms with Crippen molar-refractivity contribution in [3.8, 4) is 0 Å². The van der Waals surface area contributed by atoms with Crippen molar-refractivity contribution in [2.75, 3.05) is 13.7 Å². The first-order valence-corrected chi connectivity index (χ1v) is 5.81. The SMILES string of the molecule is COCC(N[C@@H](C)c1ccccn1)C(C)C. The van der Waals surface area contributed by atoms with E-state index in [2.05, 4.69) is 31.1 Å². The standard InChI is InChI=1S/C13H22N2O/c1-10(2)13(9-16-4)15-11(3)12-7-5-6-8-14-12/h5-8,10-11,13,15H,9H2,1-4H3/t11-,13?/m0/s1. The molecule has 0 spiro atoms. The molecule has 0 saturated carbocycles. The Morgan fingerprint density at radius 3 is 2.56 bits per heavy atom. The summed E-state index contributed by atoms with van der Waals surface area (Å²) in [5, 5.41) is 3.55. The van der Waals surface area contributed by atoms with Crippen LogP contribution in [0.4, 0.5) is 0 Å². The molecule has 1 rings (SSSR count). The number of nitrogens with zero attached hydrogens (tertiary/aromatic N) is 1. The van der Waals surface area contributed by atoms with E-state index < -0.39 is 0 Å². The van der Waals surface area contributed by atoms with Crippen LogP contribution in [-0.2, 0) is 4.74 Å². The van der Waals surface area contributed by atoms with Gasteiger partial charge in [-0.25, -0.2) is 0 Å². The number of methoxy groups -OCH3 is 1. The summed E-state index contributed by atoms with van der Waals surface area (Å²) in [4.78, 5) is 4.35. The summed E-state index contributed by atoms with van der Waals surface area (Å²) in [5.41, 5.74) is 1.07. The van der Waals surface area contributed by atoms with E-state index in [9.17, 15) is 0 Å². The highest BCUT2D eigenvalue weighted by Crippen LogP contribution is 2.12. The van der Waals surface area contributed by atoms with E-state index in [1.165, 1.54) is 0 Å². The predicted molar refractivity (Wildman–Crippen MR) is 66.3 cm³/mol. The lowest BCUT2D eigenvalue weighted by Crippen LogP contribution is -2.39. The van der Waals surface area contributed by atoms with Crippen molar-refractivity contribution in [2.45, 2.75) is 32.9 Å². The molecule has 16 heavy (non-hydrogen) atoms. The molecule has 1 aromatic heterocycles. The van der Waals surface area contributed by atoms with Gasteiger partial charge in [-0.05, 0) is 25.0 Å². The summed E-state index contributed by atoms with van der Waals surface area (Å²) < 4.78 is 5.22. The van der Waals surface area contributed by atoms with Gasteiger partial charge in [-0.1, -0.05) is 19.9 Å². The van der Waals surface area contributed by atoms with Gasteiger partial charge in [0.05, 0.1) is 12.3 Å². The molecule has 90 valence electrons. The number of rotatable bonds is 6. The third kappa shape index (κ3) is 3.91. The van der Waals surface area contributed by atoms with Gasteiger partial charge in [-0.3, -0.25) is 4.98 Å². The van der Waals surface area contributed by atoms with Crippen LogP contribution in [0.5, 0.6) is 0 Å². The molecule has 3 nitrogen and oxygen atoms in total. The molecule has 1 N–H and O–H groups in total. The summed E-state index contributed by atoms with van der Waals surface area (Å²) >= 11 is 0. The molecule has 0 amide bonds. The third-order valence-corrected chi connectivity index (χ3v) is 2.75. The lowest BCUT2D eigenvalue weighted by molar-refractivity contribution is 0.141. The van der Waals surface area contributed by atoms with Crippen LogP contribution in [0.1, 0.15) is 32.5 Å². The quantitative estimate of drug-likeness (QED) is 0.802.